The number of pyridine rings is 1. The van der Waals surface area contributed by atoms with E-state index in [1.807, 2.05) is 12.1 Å². The number of nitrogens with two attached hydrogens (primary N) is 1. The molecule has 0 atom stereocenters. The van der Waals surface area contributed by atoms with Crippen LogP contribution in [-0.2, 0) is 11.3 Å². The molecule has 0 spiro atoms. The fourth-order valence-electron chi connectivity index (χ4n) is 2.92. The summed E-state index contributed by atoms with van der Waals surface area (Å²) in [6.07, 6.45) is 4.64. The van der Waals surface area contributed by atoms with Crippen molar-refractivity contribution in [3.63, 3.8) is 0 Å². The minimum atomic E-state index is -0.837. The summed E-state index contributed by atoms with van der Waals surface area (Å²) >= 11 is 0. The predicted molar refractivity (Wildman–Crippen MR) is 75.0 cm³/mol. The van der Waals surface area contributed by atoms with Crippen LogP contribution < -0.4 is 5.73 Å². The molecule has 0 aromatic carbocycles. The highest BCUT2D eigenvalue weighted by Gasteiger charge is 2.53. The third-order valence-electron chi connectivity index (χ3n) is 3.92. The summed E-state index contributed by atoms with van der Waals surface area (Å²) in [5.41, 5.74) is 5.91. The number of nitrogens with zero attached hydrogens (tertiary/aromatic N) is 3. The number of rotatable bonds is 4. The van der Waals surface area contributed by atoms with Crippen molar-refractivity contribution in [2.45, 2.75) is 26.3 Å². The van der Waals surface area contributed by atoms with E-state index in [4.69, 9.17) is 10.9 Å². The molecule has 108 valence electrons. The van der Waals surface area contributed by atoms with E-state index in [-0.39, 0.29) is 11.7 Å². The summed E-state index contributed by atoms with van der Waals surface area (Å²) in [5.74, 6) is 0.332. The fraction of sp³-hybridized carbons (Fsp3) is 0.500. The molecule has 0 bridgehead atoms. The minimum absolute atomic E-state index is 0.0159. The van der Waals surface area contributed by atoms with Gasteiger partial charge in [0.15, 0.2) is 5.84 Å². The number of aromatic nitrogens is 1. The molecule has 2 rings (SSSR count). The van der Waals surface area contributed by atoms with Crippen LogP contribution in [0.25, 0.3) is 0 Å². The first-order chi connectivity index (χ1) is 9.49. The van der Waals surface area contributed by atoms with Crippen LogP contribution in [0.5, 0.6) is 0 Å². The maximum absolute atomic E-state index is 12.6. The quantitative estimate of drug-likeness (QED) is 0.374. The lowest BCUT2D eigenvalue weighted by Crippen LogP contribution is -2.56. The van der Waals surface area contributed by atoms with Crippen molar-refractivity contribution in [2.75, 3.05) is 7.05 Å². The molecule has 0 aliphatic heterocycles. The van der Waals surface area contributed by atoms with E-state index in [0.29, 0.717) is 25.3 Å². The number of hydrogen-bond acceptors (Lipinski definition) is 4. The van der Waals surface area contributed by atoms with E-state index in [1.165, 1.54) is 0 Å². The van der Waals surface area contributed by atoms with Crippen molar-refractivity contribution in [3.8, 4) is 0 Å². The van der Waals surface area contributed by atoms with Crippen LogP contribution in [0.3, 0.4) is 0 Å². The van der Waals surface area contributed by atoms with Gasteiger partial charge >= 0.3 is 0 Å². The van der Waals surface area contributed by atoms with E-state index in [0.717, 1.165) is 5.56 Å². The summed E-state index contributed by atoms with van der Waals surface area (Å²) in [6.45, 7) is 2.54. The number of oxime groups is 1. The maximum Gasteiger partial charge on any atom is 0.236 e. The van der Waals surface area contributed by atoms with Gasteiger partial charge in [-0.05, 0) is 36.5 Å². The van der Waals surface area contributed by atoms with Crippen molar-refractivity contribution in [2.24, 2.45) is 22.2 Å². The van der Waals surface area contributed by atoms with Crippen LogP contribution in [0.15, 0.2) is 29.7 Å². The number of carbonyl (C=O) groups is 1. The lowest BCUT2D eigenvalue weighted by atomic mass is 9.61. The van der Waals surface area contributed by atoms with Crippen molar-refractivity contribution in [1.82, 2.24) is 9.88 Å². The molecular weight excluding hydrogens is 256 g/mol. The molecule has 1 aromatic heterocycles. The Hall–Kier alpha value is -2.11. The van der Waals surface area contributed by atoms with Crippen LogP contribution in [0.4, 0.5) is 0 Å². The van der Waals surface area contributed by atoms with E-state index < -0.39 is 5.41 Å². The van der Waals surface area contributed by atoms with Crippen molar-refractivity contribution in [3.05, 3.63) is 30.1 Å². The largest absolute Gasteiger partial charge is 0.409 e. The van der Waals surface area contributed by atoms with Gasteiger partial charge in [0.05, 0.1) is 0 Å². The molecule has 1 aliphatic rings. The Morgan fingerprint density at radius 3 is 2.65 bits per heavy atom. The van der Waals surface area contributed by atoms with Crippen molar-refractivity contribution in [1.29, 1.82) is 0 Å². The van der Waals surface area contributed by atoms with E-state index in [9.17, 15) is 4.79 Å². The van der Waals surface area contributed by atoms with Crippen LogP contribution >= 0.6 is 0 Å². The zero-order chi connectivity index (χ0) is 14.8. The average Bonchev–Trinajstić information content (AvgIpc) is 2.43. The molecule has 0 radical (unpaired) electrons. The SMILES string of the molecule is CC1CC(C(=O)N(C)Cc2ccncc2)(/C(N)=N/O)C1. The standard InChI is InChI=1S/C14H20N4O2/c1-10-7-14(8-10,12(15)17-20)13(19)18(2)9-11-3-5-16-6-4-11/h3-6,10,20H,7-9H2,1-2H3,(H2,15,17). The summed E-state index contributed by atoms with van der Waals surface area (Å²) in [5, 5.41) is 12.0. The van der Waals surface area contributed by atoms with Crippen LogP contribution in [-0.4, -0.2) is 33.9 Å². The van der Waals surface area contributed by atoms with E-state index in [1.54, 1.807) is 24.3 Å². The van der Waals surface area contributed by atoms with Gasteiger partial charge in [-0.25, -0.2) is 0 Å². The van der Waals surface area contributed by atoms with E-state index >= 15 is 0 Å². The maximum atomic E-state index is 12.6. The fourth-order valence-corrected chi connectivity index (χ4v) is 2.92. The average molecular weight is 276 g/mol. The van der Waals surface area contributed by atoms with Gasteiger partial charge in [-0.1, -0.05) is 12.1 Å². The molecule has 6 nitrogen and oxygen atoms in total. The Labute approximate surface area is 118 Å². The first-order valence-corrected chi connectivity index (χ1v) is 6.62. The molecular formula is C14H20N4O2. The monoisotopic (exact) mass is 276 g/mol. The van der Waals surface area contributed by atoms with Gasteiger partial charge in [0, 0.05) is 26.0 Å². The van der Waals surface area contributed by atoms with Crippen LogP contribution in [0.1, 0.15) is 25.3 Å². The zero-order valence-electron chi connectivity index (χ0n) is 11.8. The van der Waals surface area contributed by atoms with E-state index in [2.05, 4.69) is 17.1 Å². The van der Waals surface area contributed by atoms with Gasteiger partial charge in [-0.3, -0.25) is 9.78 Å². The van der Waals surface area contributed by atoms with Gasteiger partial charge in [0.2, 0.25) is 5.91 Å². The first kappa shape index (κ1) is 14.3. The number of hydrogen-bond donors (Lipinski definition) is 2. The Bertz CT molecular complexity index is 509. The number of amidine groups is 1. The normalized spacial score (nSPS) is 25.9. The van der Waals surface area contributed by atoms with Gasteiger partial charge in [0.25, 0.3) is 0 Å². The third-order valence-corrected chi connectivity index (χ3v) is 3.92. The van der Waals surface area contributed by atoms with Crippen LogP contribution in [0, 0.1) is 11.3 Å². The van der Waals surface area contributed by atoms with Gasteiger partial charge in [0.1, 0.15) is 5.41 Å². The Balaban J connectivity index is 2.13. The minimum Gasteiger partial charge on any atom is -0.409 e. The second-order valence-electron chi connectivity index (χ2n) is 5.60. The molecule has 0 saturated heterocycles. The molecule has 0 unspecified atom stereocenters. The summed E-state index contributed by atoms with van der Waals surface area (Å²) in [6, 6.07) is 3.73. The highest BCUT2D eigenvalue weighted by atomic mass is 16.4. The van der Waals surface area contributed by atoms with Crippen LogP contribution in [0.2, 0.25) is 0 Å². The summed E-state index contributed by atoms with van der Waals surface area (Å²) in [4.78, 5) is 18.2. The molecule has 1 amide bonds. The van der Waals surface area contributed by atoms with Gasteiger partial charge in [-0.2, -0.15) is 0 Å². The third kappa shape index (κ3) is 2.45. The molecule has 1 aromatic rings. The lowest BCUT2D eigenvalue weighted by molar-refractivity contribution is -0.143. The molecule has 1 fully saturated rings. The first-order valence-electron chi connectivity index (χ1n) is 6.62. The Morgan fingerprint density at radius 2 is 2.15 bits per heavy atom. The molecule has 20 heavy (non-hydrogen) atoms. The summed E-state index contributed by atoms with van der Waals surface area (Å²) < 4.78 is 0. The van der Waals surface area contributed by atoms with Crippen molar-refractivity contribution >= 4 is 11.7 Å². The Kier molecular flexibility index (Phi) is 3.92. The van der Waals surface area contributed by atoms with Gasteiger partial charge in [-0.15, -0.1) is 0 Å². The molecule has 1 saturated carbocycles. The molecule has 3 N–H and O–H groups in total. The second kappa shape index (κ2) is 5.48. The summed E-state index contributed by atoms with van der Waals surface area (Å²) in [7, 11) is 1.73. The molecule has 6 heteroatoms. The zero-order valence-corrected chi connectivity index (χ0v) is 11.8. The smallest absolute Gasteiger partial charge is 0.236 e. The molecule has 1 heterocycles. The predicted octanol–water partition coefficient (Wildman–Crippen LogP) is 1.20. The van der Waals surface area contributed by atoms with Crippen molar-refractivity contribution < 1.29 is 10.0 Å². The highest BCUT2D eigenvalue weighted by Crippen LogP contribution is 2.47. The Morgan fingerprint density at radius 1 is 1.55 bits per heavy atom. The topological polar surface area (TPSA) is 91.8 Å². The molecule has 1 aliphatic carbocycles. The number of carbonyl (C=O) groups excluding carboxylic acids is 1. The van der Waals surface area contributed by atoms with Gasteiger partial charge < -0.3 is 15.8 Å². The lowest BCUT2D eigenvalue weighted by Gasteiger charge is -2.45. The second-order valence-corrected chi connectivity index (χ2v) is 5.60. The number of amides is 1. The highest BCUT2D eigenvalue weighted by molar-refractivity contribution is 6.07.